The molecule has 0 saturated carbocycles. The number of nitrogens with one attached hydrogen (secondary N) is 1. The molecule has 1 aliphatic carbocycles. The third kappa shape index (κ3) is 3.65. The number of fused-ring (bicyclic) bond motifs is 1. The lowest BCUT2D eigenvalue weighted by molar-refractivity contribution is -0.121. The summed E-state index contributed by atoms with van der Waals surface area (Å²) >= 11 is 6.04. The zero-order valence-electron chi connectivity index (χ0n) is 14.2. The average molecular weight is 367 g/mol. The third-order valence-electron chi connectivity index (χ3n) is 4.70. The number of carbonyl (C=O) groups excluding carboxylic acids is 1. The normalized spacial score (nSPS) is 15.7. The molecule has 0 radical (unpaired) electrons. The Morgan fingerprint density at radius 1 is 1.23 bits per heavy atom. The molecule has 1 aliphatic rings. The molecule has 1 atom stereocenters. The van der Waals surface area contributed by atoms with Gasteiger partial charge in [-0.1, -0.05) is 48.0 Å². The average Bonchev–Trinajstić information content (AvgIpc) is 3.28. The fraction of sp³-hybridized carbons (Fsp3) is 0.238. The minimum atomic E-state index is 0.0114. The Bertz CT molecular complexity index is 921. The van der Waals surface area contributed by atoms with Crippen molar-refractivity contribution in [3.05, 3.63) is 76.8 Å². The molecule has 1 unspecified atom stereocenters. The maximum Gasteiger partial charge on any atom is 0.220 e. The van der Waals surface area contributed by atoms with Gasteiger partial charge in [0, 0.05) is 23.4 Å². The number of aryl methyl sites for hydroxylation is 2. The van der Waals surface area contributed by atoms with Crippen molar-refractivity contribution in [2.45, 2.75) is 31.7 Å². The van der Waals surface area contributed by atoms with Gasteiger partial charge in [-0.3, -0.25) is 4.79 Å². The zero-order chi connectivity index (χ0) is 17.9. The highest BCUT2D eigenvalue weighted by molar-refractivity contribution is 6.30. The summed E-state index contributed by atoms with van der Waals surface area (Å²) in [6.45, 7) is 0. The maximum absolute atomic E-state index is 12.3. The molecule has 0 saturated heterocycles. The van der Waals surface area contributed by atoms with E-state index in [9.17, 15) is 4.79 Å². The number of amides is 1. The van der Waals surface area contributed by atoms with E-state index in [0.717, 1.165) is 29.2 Å². The first kappa shape index (κ1) is 16.9. The molecule has 3 aromatic rings. The van der Waals surface area contributed by atoms with Gasteiger partial charge in [0.05, 0.1) is 12.2 Å². The molecule has 26 heavy (non-hydrogen) atoms. The summed E-state index contributed by atoms with van der Waals surface area (Å²) in [6.07, 6.45) is 4.41. The molecule has 2 aromatic carbocycles. The molecule has 0 bridgehead atoms. The number of oxazole rings is 1. The van der Waals surface area contributed by atoms with Gasteiger partial charge in [-0.2, -0.15) is 0 Å². The van der Waals surface area contributed by atoms with E-state index in [1.54, 1.807) is 6.20 Å². The lowest BCUT2D eigenvalue weighted by atomic mass is 10.1. The Kier molecular flexibility index (Phi) is 4.76. The number of nitrogens with zero attached hydrogens (tertiary/aromatic N) is 1. The molecular weight excluding hydrogens is 348 g/mol. The number of hydrogen-bond acceptors (Lipinski definition) is 3. The van der Waals surface area contributed by atoms with Gasteiger partial charge in [0.25, 0.3) is 0 Å². The SMILES string of the molecule is O=C(CCc1ncc(-c2ccccc2)o1)NC1CCc2cc(Cl)ccc21. The van der Waals surface area contributed by atoms with E-state index in [1.807, 2.05) is 48.5 Å². The van der Waals surface area contributed by atoms with Crippen molar-refractivity contribution in [3.8, 4) is 11.3 Å². The van der Waals surface area contributed by atoms with Crippen molar-refractivity contribution >= 4 is 17.5 Å². The van der Waals surface area contributed by atoms with Gasteiger partial charge in [-0.05, 0) is 36.1 Å². The van der Waals surface area contributed by atoms with E-state index in [2.05, 4.69) is 10.3 Å². The highest BCUT2D eigenvalue weighted by Crippen LogP contribution is 2.32. The molecule has 1 aromatic heterocycles. The lowest BCUT2D eigenvalue weighted by Gasteiger charge is -2.14. The van der Waals surface area contributed by atoms with Crippen LogP contribution in [0.1, 0.15) is 35.9 Å². The van der Waals surface area contributed by atoms with Crippen molar-refractivity contribution in [2.75, 3.05) is 0 Å². The summed E-state index contributed by atoms with van der Waals surface area (Å²) < 4.78 is 5.75. The van der Waals surface area contributed by atoms with Crippen LogP contribution in [0, 0.1) is 0 Å². The van der Waals surface area contributed by atoms with Gasteiger partial charge in [0.15, 0.2) is 11.7 Å². The number of carbonyl (C=O) groups is 1. The highest BCUT2D eigenvalue weighted by atomic mass is 35.5. The lowest BCUT2D eigenvalue weighted by Crippen LogP contribution is -2.27. The van der Waals surface area contributed by atoms with Crippen molar-refractivity contribution in [3.63, 3.8) is 0 Å². The fourth-order valence-corrected chi connectivity index (χ4v) is 3.58. The van der Waals surface area contributed by atoms with Gasteiger partial charge in [0.2, 0.25) is 5.91 Å². The molecular formula is C21H19ClN2O2. The van der Waals surface area contributed by atoms with Crippen molar-refractivity contribution in [1.29, 1.82) is 0 Å². The Hall–Kier alpha value is -2.59. The van der Waals surface area contributed by atoms with Crippen molar-refractivity contribution in [1.82, 2.24) is 10.3 Å². The number of halogens is 1. The van der Waals surface area contributed by atoms with E-state index in [0.29, 0.717) is 18.7 Å². The topological polar surface area (TPSA) is 55.1 Å². The number of aromatic nitrogens is 1. The summed E-state index contributed by atoms with van der Waals surface area (Å²) in [4.78, 5) is 16.6. The maximum atomic E-state index is 12.3. The number of rotatable bonds is 5. The van der Waals surface area contributed by atoms with Crippen LogP contribution in [0.3, 0.4) is 0 Å². The second-order valence-corrected chi connectivity index (χ2v) is 6.92. The molecule has 5 heteroatoms. The first-order chi connectivity index (χ1) is 12.7. The van der Waals surface area contributed by atoms with E-state index >= 15 is 0 Å². The van der Waals surface area contributed by atoms with Gasteiger partial charge in [-0.15, -0.1) is 0 Å². The van der Waals surface area contributed by atoms with E-state index in [-0.39, 0.29) is 11.9 Å². The van der Waals surface area contributed by atoms with E-state index in [4.69, 9.17) is 16.0 Å². The molecule has 0 fully saturated rings. The zero-order valence-corrected chi connectivity index (χ0v) is 15.0. The number of benzene rings is 2. The quantitative estimate of drug-likeness (QED) is 0.710. The smallest absolute Gasteiger partial charge is 0.220 e. The van der Waals surface area contributed by atoms with Crippen LogP contribution in [0.2, 0.25) is 5.02 Å². The standard InChI is InChI=1S/C21H19ClN2O2/c22-16-7-8-17-15(12-16)6-9-18(17)24-20(25)10-11-21-23-13-19(26-21)14-4-2-1-3-5-14/h1-5,7-8,12-13,18H,6,9-11H2,(H,24,25). The predicted molar refractivity (Wildman–Crippen MR) is 101 cm³/mol. The minimum Gasteiger partial charge on any atom is -0.441 e. The number of hydrogen-bond donors (Lipinski definition) is 1. The van der Waals surface area contributed by atoms with Gasteiger partial charge in [0.1, 0.15) is 0 Å². The largest absolute Gasteiger partial charge is 0.441 e. The molecule has 132 valence electrons. The van der Waals surface area contributed by atoms with Crippen LogP contribution in [0.25, 0.3) is 11.3 Å². The van der Waals surface area contributed by atoms with Crippen molar-refractivity contribution in [2.24, 2.45) is 0 Å². The van der Waals surface area contributed by atoms with Gasteiger partial charge >= 0.3 is 0 Å². The second-order valence-electron chi connectivity index (χ2n) is 6.49. The Labute approximate surface area is 157 Å². The summed E-state index contributed by atoms with van der Waals surface area (Å²) in [7, 11) is 0. The molecule has 4 nitrogen and oxygen atoms in total. The summed E-state index contributed by atoms with van der Waals surface area (Å²) in [5, 5.41) is 3.86. The summed E-state index contributed by atoms with van der Waals surface area (Å²) in [6, 6.07) is 15.8. The van der Waals surface area contributed by atoms with Gasteiger partial charge in [-0.25, -0.2) is 4.98 Å². The van der Waals surface area contributed by atoms with E-state index in [1.165, 1.54) is 11.1 Å². The third-order valence-corrected chi connectivity index (χ3v) is 4.93. The second kappa shape index (κ2) is 7.34. The Morgan fingerprint density at radius 2 is 2.08 bits per heavy atom. The molecule has 0 spiro atoms. The van der Waals surface area contributed by atoms with Crippen LogP contribution in [-0.2, 0) is 17.6 Å². The summed E-state index contributed by atoms with van der Waals surface area (Å²) in [5.74, 6) is 1.32. The molecule has 0 aliphatic heterocycles. The highest BCUT2D eigenvalue weighted by Gasteiger charge is 2.24. The minimum absolute atomic E-state index is 0.0114. The van der Waals surface area contributed by atoms with Gasteiger partial charge < -0.3 is 9.73 Å². The first-order valence-electron chi connectivity index (χ1n) is 8.77. The Balaban J connectivity index is 1.34. The van der Waals surface area contributed by atoms with Crippen LogP contribution < -0.4 is 5.32 Å². The molecule has 1 N–H and O–H groups in total. The van der Waals surface area contributed by atoms with Crippen molar-refractivity contribution < 1.29 is 9.21 Å². The van der Waals surface area contributed by atoms with Crippen LogP contribution in [-0.4, -0.2) is 10.9 Å². The Morgan fingerprint density at radius 3 is 2.92 bits per heavy atom. The fourth-order valence-electron chi connectivity index (χ4n) is 3.38. The molecule has 1 amide bonds. The monoisotopic (exact) mass is 366 g/mol. The molecule has 1 heterocycles. The first-order valence-corrected chi connectivity index (χ1v) is 9.14. The summed E-state index contributed by atoms with van der Waals surface area (Å²) in [5.41, 5.74) is 3.38. The molecule has 4 rings (SSSR count). The van der Waals surface area contributed by atoms with E-state index < -0.39 is 0 Å². The predicted octanol–water partition coefficient (Wildman–Crippen LogP) is 4.73. The van der Waals surface area contributed by atoms with Crippen LogP contribution in [0.15, 0.2) is 59.1 Å². The van der Waals surface area contributed by atoms with Crippen LogP contribution >= 0.6 is 11.6 Å². The van der Waals surface area contributed by atoms with Crippen LogP contribution in [0.5, 0.6) is 0 Å². The van der Waals surface area contributed by atoms with Crippen LogP contribution in [0.4, 0.5) is 0 Å².